The van der Waals surface area contributed by atoms with Gasteiger partial charge in [0.05, 0.1) is 6.04 Å². The van der Waals surface area contributed by atoms with Crippen molar-refractivity contribution >= 4 is 11.6 Å². The maximum Gasteiger partial charge on any atom is 0.251 e. The minimum atomic E-state index is -0.0176. The first-order valence-electron chi connectivity index (χ1n) is 10.9. The van der Waals surface area contributed by atoms with E-state index in [4.69, 9.17) is 0 Å². The number of nitrogens with zero attached hydrogens (tertiary/aromatic N) is 2. The van der Waals surface area contributed by atoms with Crippen molar-refractivity contribution in [1.29, 1.82) is 0 Å². The third-order valence-electron chi connectivity index (χ3n) is 6.13. The van der Waals surface area contributed by atoms with Gasteiger partial charge in [-0.1, -0.05) is 54.1 Å². The van der Waals surface area contributed by atoms with Crippen LogP contribution in [-0.4, -0.2) is 38.0 Å². The molecule has 3 aromatic rings. The molecule has 0 saturated heterocycles. The third kappa shape index (κ3) is 4.97. The number of carbonyl (C=O) groups is 1. The number of hydrogen-bond donors (Lipinski definition) is 1. The molecule has 0 bridgehead atoms. The Kier molecular flexibility index (Phi) is 6.38. The van der Waals surface area contributed by atoms with Gasteiger partial charge in [0.15, 0.2) is 0 Å². The summed E-state index contributed by atoms with van der Waals surface area (Å²) in [6, 6.07) is 25.3. The standard InChI is InChI=1S/C27H31N3O/c1-20-7-6-10-23(17-20)27(31)28-18-26(22-11-13-25(14-12-22)29(2)3)30-16-15-21-8-4-5-9-24(21)19-30/h4-14,17,26H,15-16,18-19H2,1-3H3,(H,28,31)/t26-/m0/s1. The number of carbonyl (C=O) groups excluding carboxylic acids is 1. The summed E-state index contributed by atoms with van der Waals surface area (Å²) in [4.78, 5) is 17.4. The van der Waals surface area contributed by atoms with Gasteiger partial charge in [-0.05, 0) is 54.3 Å². The molecule has 0 aromatic heterocycles. The predicted octanol–water partition coefficient (Wildman–Crippen LogP) is 4.59. The number of anilines is 1. The van der Waals surface area contributed by atoms with Crippen LogP contribution < -0.4 is 10.2 Å². The molecule has 1 amide bonds. The molecule has 1 N–H and O–H groups in total. The van der Waals surface area contributed by atoms with Crippen molar-refractivity contribution in [1.82, 2.24) is 10.2 Å². The number of amides is 1. The molecule has 31 heavy (non-hydrogen) atoms. The van der Waals surface area contributed by atoms with Crippen LogP contribution in [0.25, 0.3) is 0 Å². The summed E-state index contributed by atoms with van der Waals surface area (Å²) in [6.45, 7) is 4.47. The highest BCUT2D eigenvalue weighted by molar-refractivity contribution is 5.94. The SMILES string of the molecule is Cc1cccc(C(=O)NC[C@@H](c2ccc(N(C)C)cc2)N2CCc3ccccc3C2)c1. The normalized spacial score (nSPS) is 14.5. The first-order valence-corrected chi connectivity index (χ1v) is 10.9. The summed E-state index contributed by atoms with van der Waals surface area (Å²) in [5, 5.41) is 3.19. The van der Waals surface area contributed by atoms with E-state index in [9.17, 15) is 4.79 Å². The summed E-state index contributed by atoms with van der Waals surface area (Å²) in [5.41, 5.74) is 7.03. The molecule has 0 saturated carbocycles. The van der Waals surface area contributed by atoms with Crippen LogP contribution in [0.4, 0.5) is 5.69 Å². The number of rotatable bonds is 6. The molecule has 4 rings (SSSR count). The zero-order valence-electron chi connectivity index (χ0n) is 18.6. The first-order chi connectivity index (χ1) is 15.0. The molecule has 0 spiro atoms. The Hall–Kier alpha value is -3.11. The van der Waals surface area contributed by atoms with Crippen molar-refractivity contribution in [3.63, 3.8) is 0 Å². The van der Waals surface area contributed by atoms with Gasteiger partial charge in [0.25, 0.3) is 5.91 Å². The van der Waals surface area contributed by atoms with Crippen LogP contribution in [0.3, 0.4) is 0 Å². The van der Waals surface area contributed by atoms with Crippen LogP contribution in [0, 0.1) is 6.92 Å². The van der Waals surface area contributed by atoms with Crippen LogP contribution in [-0.2, 0) is 13.0 Å². The molecule has 1 aliphatic rings. The lowest BCUT2D eigenvalue weighted by molar-refractivity contribution is 0.0927. The number of benzene rings is 3. The predicted molar refractivity (Wildman–Crippen MR) is 128 cm³/mol. The second kappa shape index (κ2) is 9.36. The Morgan fingerprint density at radius 2 is 1.74 bits per heavy atom. The molecular formula is C27H31N3O. The Bertz CT molecular complexity index is 1040. The molecule has 4 nitrogen and oxygen atoms in total. The average molecular weight is 414 g/mol. The van der Waals surface area contributed by atoms with E-state index in [0.29, 0.717) is 12.1 Å². The summed E-state index contributed by atoms with van der Waals surface area (Å²) in [7, 11) is 4.10. The van der Waals surface area contributed by atoms with Crippen molar-refractivity contribution in [2.45, 2.75) is 25.9 Å². The Balaban J connectivity index is 1.56. The van der Waals surface area contributed by atoms with E-state index in [2.05, 4.69) is 77.7 Å². The van der Waals surface area contributed by atoms with Gasteiger partial charge in [-0.2, -0.15) is 0 Å². The lowest BCUT2D eigenvalue weighted by Crippen LogP contribution is -2.40. The van der Waals surface area contributed by atoms with Crippen LogP contribution in [0.1, 0.15) is 38.7 Å². The zero-order valence-corrected chi connectivity index (χ0v) is 18.6. The second-order valence-electron chi connectivity index (χ2n) is 8.57. The maximum atomic E-state index is 12.8. The number of fused-ring (bicyclic) bond motifs is 1. The van der Waals surface area contributed by atoms with Crippen LogP contribution in [0.15, 0.2) is 72.8 Å². The van der Waals surface area contributed by atoms with E-state index in [-0.39, 0.29) is 11.9 Å². The molecular weight excluding hydrogens is 382 g/mol. The highest BCUT2D eigenvalue weighted by Gasteiger charge is 2.25. The minimum absolute atomic E-state index is 0.0176. The van der Waals surface area contributed by atoms with E-state index in [0.717, 1.165) is 25.1 Å². The number of nitrogens with one attached hydrogen (secondary N) is 1. The van der Waals surface area contributed by atoms with E-state index in [1.165, 1.54) is 22.4 Å². The largest absolute Gasteiger partial charge is 0.378 e. The van der Waals surface area contributed by atoms with Crippen molar-refractivity contribution < 1.29 is 4.79 Å². The summed E-state index contributed by atoms with van der Waals surface area (Å²) >= 11 is 0. The average Bonchev–Trinajstić information content (AvgIpc) is 2.79. The topological polar surface area (TPSA) is 35.6 Å². The van der Waals surface area contributed by atoms with Gasteiger partial charge >= 0.3 is 0 Å². The van der Waals surface area contributed by atoms with Crippen LogP contribution >= 0.6 is 0 Å². The Morgan fingerprint density at radius 3 is 2.45 bits per heavy atom. The van der Waals surface area contributed by atoms with Gasteiger partial charge in [0, 0.05) is 45.0 Å². The van der Waals surface area contributed by atoms with Gasteiger partial charge in [-0.3, -0.25) is 9.69 Å². The van der Waals surface area contributed by atoms with Gasteiger partial charge in [0.1, 0.15) is 0 Å². The molecule has 160 valence electrons. The fraction of sp³-hybridized carbons (Fsp3) is 0.296. The maximum absolute atomic E-state index is 12.8. The van der Waals surface area contributed by atoms with Crippen molar-refractivity contribution in [3.8, 4) is 0 Å². The summed E-state index contributed by atoms with van der Waals surface area (Å²) < 4.78 is 0. The molecule has 4 heteroatoms. The highest BCUT2D eigenvalue weighted by atomic mass is 16.1. The van der Waals surface area contributed by atoms with Crippen LogP contribution in [0.2, 0.25) is 0 Å². The molecule has 0 radical (unpaired) electrons. The van der Waals surface area contributed by atoms with Gasteiger partial charge in [-0.25, -0.2) is 0 Å². The monoisotopic (exact) mass is 413 g/mol. The van der Waals surface area contributed by atoms with Gasteiger partial charge in [0.2, 0.25) is 0 Å². The minimum Gasteiger partial charge on any atom is -0.378 e. The van der Waals surface area contributed by atoms with Gasteiger partial charge < -0.3 is 10.2 Å². The molecule has 0 aliphatic carbocycles. The Morgan fingerprint density at radius 1 is 1.00 bits per heavy atom. The fourth-order valence-corrected chi connectivity index (χ4v) is 4.31. The highest BCUT2D eigenvalue weighted by Crippen LogP contribution is 2.29. The smallest absolute Gasteiger partial charge is 0.251 e. The molecule has 1 heterocycles. The van der Waals surface area contributed by atoms with Crippen molar-refractivity contribution in [2.75, 3.05) is 32.1 Å². The third-order valence-corrected chi connectivity index (χ3v) is 6.13. The molecule has 0 fully saturated rings. The summed E-state index contributed by atoms with van der Waals surface area (Å²) in [5.74, 6) is -0.0176. The lowest BCUT2D eigenvalue weighted by Gasteiger charge is -2.36. The van der Waals surface area contributed by atoms with E-state index in [1.54, 1.807) is 0 Å². The second-order valence-corrected chi connectivity index (χ2v) is 8.57. The molecule has 1 aliphatic heterocycles. The fourth-order valence-electron chi connectivity index (χ4n) is 4.31. The van der Waals surface area contributed by atoms with E-state index >= 15 is 0 Å². The Labute approximate surface area is 185 Å². The van der Waals surface area contributed by atoms with Crippen LogP contribution in [0.5, 0.6) is 0 Å². The molecule has 0 unspecified atom stereocenters. The molecule has 1 atom stereocenters. The van der Waals surface area contributed by atoms with E-state index in [1.807, 2.05) is 31.2 Å². The first kappa shape index (κ1) is 21.1. The quantitative estimate of drug-likeness (QED) is 0.642. The van der Waals surface area contributed by atoms with Crippen molar-refractivity contribution in [2.24, 2.45) is 0 Å². The lowest BCUT2D eigenvalue weighted by atomic mass is 9.96. The van der Waals surface area contributed by atoms with Gasteiger partial charge in [-0.15, -0.1) is 0 Å². The number of aryl methyl sites for hydroxylation is 1. The van der Waals surface area contributed by atoms with Crippen molar-refractivity contribution in [3.05, 3.63) is 101 Å². The molecule has 3 aromatic carbocycles. The zero-order chi connectivity index (χ0) is 21.8. The van der Waals surface area contributed by atoms with E-state index < -0.39 is 0 Å². The number of hydrogen-bond acceptors (Lipinski definition) is 3. The summed E-state index contributed by atoms with van der Waals surface area (Å²) in [6.07, 6.45) is 1.04.